The van der Waals surface area contributed by atoms with Crippen LogP contribution in [0.3, 0.4) is 0 Å². The molecule has 148 valence electrons. The van der Waals surface area contributed by atoms with Crippen LogP contribution in [0.2, 0.25) is 0 Å². The van der Waals surface area contributed by atoms with Crippen molar-refractivity contribution in [2.24, 2.45) is 16.0 Å². The number of aliphatic imine (C=N–C) groups is 1. The second-order valence-corrected chi connectivity index (χ2v) is 7.95. The zero-order valence-corrected chi connectivity index (χ0v) is 16.7. The number of nitrogens with zero attached hydrogens (tertiary/aromatic N) is 2. The van der Waals surface area contributed by atoms with Crippen molar-refractivity contribution in [1.29, 1.82) is 0 Å². The van der Waals surface area contributed by atoms with Gasteiger partial charge in [-0.15, -0.1) is 0 Å². The Labute approximate surface area is 165 Å². The number of H-pyrrole nitrogens is 1. The van der Waals surface area contributed by atoms with Crippen LogP contribution >= 0.6 is 0 Å². The third kappa shape index (κ3) is 3.80. The quantitative estimate of drug-likeness (QED) is 0.585. The maximum atomic E-state index is 12.1. The van der Waals surface area contributed by atoms with Crippen LogP contribution in [0.25, 0.3) is 6.08 Å². The molecular formula is C21H28N6O. The highest BCUT2D eigenvalue weighted by atomic mass is 16.2. The molecule has 4 N–H and O–H groups in total. The molecule has 0 saturated heterocycles. The number of hydrogen-bond acceptors (Lipinski definition) is 5. The van der Waals surface area contributed by atoms with Crippen molar-refractivity contribution in [3.63, 3.8) is 0 Å². The maximum Gasteiger partial charge on any atom is 0.254 e. The summed E-state index contributed by atoms with van der Waals surface area (Å²) in [6.07, 6.45) is 10.8. The SMILES string of the molecule is Cc1[nH]c(C=C2NC=CN=C2C2C=NNC2=O)c(C(C)C)c1CCNC1CC1. The molecule has 1 amide bonds. The molecule has 0 spiro atoms. The van der Waals surface area contributed by atoms with Crippen LogP contribution in [0.5, 0.6) is 0 Å². The van der Waals surface area contributed by atoms with E-state index in [-0.39, 0.29) is 5.91 Å². The van der Waals surface area contributed by atoms with Crippen LogP contribution < -0.4 is 16.1 Å². The maximum absolute atomic E-state index is 12.1. The van der Waals surface area contributed by atoms with Gasteiger partial charge in [-0.25, -0.2) is 5.43 Å². The lowest BCUT2D eigenvalue weighted by Crippen LogP contribution is -2.32. The van der Waals surface area contributed by atoms with Crippen molar-refractivity contribution in [2.75, 3.05) is 6.54 Å². The first-order chi connectivity index (χ1) is 13.5. The Hall–Kier alpha value is -2.67. The first kappa shape index (κ1) is 18.7. The van der Waals surface area contributed by atoms with E-state index in [0.717, 1.165) is 30.4 Å². The van der Waals surface area contributed by atoms with Crippen molar-refractivity contribution in [3.8, 4) is 0 Å². The lowest BCUT2D eigenvalue weighted by atomic mass is 9.94. The Morgan fingerprint density at radius 2 is 2.18 bits per heavy atom. The average molecular weight is 380 g/mol. The second-order valence-electron chi connectivity index (χ2n) is 7.95. The molecule has 0 aromatic carbocycles. The van der Waals surface area contributed by atoms with E-state index in [4.69, 9.17) is 0 Å². The number of hydrogen-bond donors (Lipinski definition) is 4. The van der Waals surface area contributed by atoms with Gasteiger partial charge in [0.25, 0.3) is 5.91 Å². The molecule has 3 aliphatic rings. The van der Waals surface area contributed by atoms with Crippen LogP contribution in [-0.2, 0) is 11.2 Å². The minimum absolute atomic E-state index is 0.152. The first-order valence-electron chi connectivity index (χ1n) is 10.0. The fourth-order valence-electron chi connectivity index (χ4n) is 3.90. The van der Waals surface area contributed by atoms with Gasteiger partial charge >= 0.3 is 0 Å². The highest BCUT2D eigenvalue weighted by molar-refractivity contribution is 6.24. The van der Waals surface area contributed by atoms with Crippen LogP contribution in [0.15, 0.2) is 28.2 Å². The fraction of sp³-hybridized carbons (Fsp3) is 0.476. The van der Waals surface area contributed by atoms with Gasteiger partial charge in [-0.2, -0.15) is 5.10 Å². The summed E-state index contributed by atoms with van der Waals surface area (Å²) < 4.78 is 0. The highest BCUT2D eigenvalue weighted by Gasteiger charge is 2.30. The molecule has 1 unspecified atom stereocenters. The number of allylic oxidation sites excluding steroid dienone is 1. The van der Waals surface area contributed by atoms with Gasteiger partial charge in [-0.05, 0) is 55.9 Å². The van der Waals surface area contributed by atoms with Crippen molar-refractivity contribution >= 4 is 23.9 Å². The number of carbonyl (C=O) groups is 1. The number of aryl methyl sites for hydroxylation is 1. The predicted molar refractivity (Wildman–Crippen MR) is 112 cm³/mol. The Kier molecular flexibility index (Phi) is 5.17. The van der Waals surface area contributed by atoms with Gasteiger partial charge in [0.15, 0.2) is 0 Å². The zero-order chi connectivity index (χ0) is 19.7. The van der Waals surface area contributed by atoms with E-state index in [0.29, 0.717) is 11.6 Å². The third-order valence-corrected chi connectivity index (χ3v) is 5.42. The summed E-state index contributed by atoms with van der Waals surface area (Å²) in [6, 6.07) is 0.722. The smallest absolute Gasteiger partial charge is 0.254 e. The summed E-state index contributed by atoms with van der Waals surface area (Å²) >= 11 is 0. The Morgan fingerprint density at radius 3 is 2.86 bits per heavy atom. The number of aromatic amines is 1. The van der Waals surface area contributed by atoms with Crippen LogP contribution in [0, 0.1) is 12.8 Å². The lowest BCUT2D eigenvalue weighted by Gasteiger charge is -2.17. The van der Waals surface area contributed by atoms with Crippen molar-refractivity contribution in [2.45, 2.75) is 52.0 Å². The average Bonchev–Trinajstić information content (AvgIpc) is 3.31. The van der Waals surface area contributed by atoms with Gasteiger partial charge in [0.1, 0.15) is 5.92 Å². The molecule has 1 aromatic heterocycles. The minimum Gasteiger partial charge on any atom is -0.359 e. The van der Waals surface area contributed by atoms with E-state index in [1.54, 1.807) is 18.6 Å². The normalized spacial score (nSPS) is 22.7. The fourth-order valence-corrected chi connectivity index (χ4v) is 3.90. The number of amides is 1. The molecule has 4 rings (SSSR count). The zero-order valence-electron chi connectivity index (χ0n) is 16.7. The van der Waals surface area contributed by atoms with E-state index in [9.17, 15) is 4.79 Å². The largest absolute Gasteiger partial charge is 0.359 e. The molecule has 7 heteroatoms. The molecule has 7 nitrogen and oxygen atoms in total. The minimum atomic E-state index is -0.468. The number of rotatable bonds is 7. The van der Waals surface area contributed by atoms with Gasteiger partial charge in [-0.1, -0.05) is 13.8 Å². The van der Waals surface area contributed by atoms with Crippen LogP contribution in [0.1, 0.15) is 55.1 Å². The number of hydrazone groups is 1. The first-order valence-corrected chi connectivity index (χ1v) is 10.0. The molecule has 3 heterocycles. The van der Waals surface area contributed by atoms with E-state index in [2.05, 4.69) is 58.0 Å². The molecule has 1 saturated carbocycles. The third-order valence-electron chi connectivity index (χ3n) is 5.42. The topological polar surface area (TPSA) is 93.7 Å². The molecule has 1 fully saturated rings. The summed E-state index contributed by atoms with van der Waals surface area (Å²) in [6.45, 7) is 7.59. The molecule has 28 heavy (non-hydrogen) atoms. The van der Waals surface area contributed by atoms with Gasteiger partial charge in [0.05, 0.1) is 11.4 Å². The van der Waals surface area contributed by atoms with E-state index in [1.807, 2.05) is 0 Å². The molecule has 1 aliphatic carbocycles. The summed E-state index contributed by atoms with van der Waals surface area (Å²) in [5, 5.41) is 10.7. The summed E-state index contributed by atoms with van der Waals surface area (Å²) in [5.74, 6) is -0.228. The van der Waals surface area contributed by atoms with Crippen molar-refractivity contribution < 1.29 is 4.79 Å². The Morgan fingerprint density at radius 1 is 1.36 bits per heavy atom. The number of nitrogens with one attached hydrogen (secondary N) is 4. The molecule has 1 atom stereocenters. The molecule has 0 bridgehead atoms. The number of carbonyl (C=O) groups excluding carboxylic acids is 1. The van der Waals surface area contributed by atoms with E-state index in [1.165, 1.54) is 29.7 Å². The van der Waals surface area contributed by atoms with E-state index < -0.39 is 5.92 Å². The van der Waals surface area contributed by atoms with Gasteiger partial charge < -0.3 is 15.6 Å². The predicted octanol–water partition coefficient (Wildman–Crippen LogP) is 2.33. The summed E-state index contributed by atoms with van der Waals surface area (Å²) in [4.78, 5) is 20.1. The Balaban J connectivity index is 1.63. The van der Waals surface area contributed by atoms with Crippen molar-refractivity contribution in [3.05, 3.63) is 40.6 Å². The van der Waals surface area contributed by atoms with Gasteiger partial charge in [0, 0.05) is 36.0 Å². The van der Waals surface area contributed by atoms with E-state index >= 15 is 0 Å². The van der Waals surface area contributed by atoms with Crippen LogP contribution in [0.4, 0.5) is 0 Å². The van der Waals surface area contributed by atoms with Gasteiger partial charge in [0.2, 0.25) is 0 Å². The number of aromatic nitrogens is 1. The second kappa shape index (κ2) is 7.75. The van der Waals surface area contributed by atoms with Crippen LogP contribution in [-0.4, -0.2) is 35.4 Å². The lowest BCUT2D eigenvalue weighted by molar-refractivity contribution is -0.120. The monoisotopic (exact) mass is 380 g/mol. The summed E-state index contributed by atoms with van der Waals surface area (Å²) in [5.41, 5.74) is 9.00. The summed E-state index contributed by atoms with van der Waals surface area (Å²) in [7, 11) is 0. The highest BCUT2D eigenvalue weighted by Crippen LogP contribution is 2.29. The van der Waals surface area contributed by atoms with Crippen molar-refractivity contribution in [1.82, 2.24) is 21.0 Å². The molecule has 2 aliphatic heterocycles. The molecule has 0 radical (unpaired) electrons. The molecular weight excluding hydrogens is 352 g/mol. The van der Waals surface area contributed by atoms with Gasteiger partial charge in [-0.3, -0.25) is 9.79 Å². The standard InChI is InChI=1S/C21H28N6O/c1-12(2)19-15(6-7-22-14-4-5-14)13(3)26-17(19)10-18-20(24-9-8-23-18)16-11-25-27-21(16)28/h8-12,14,16,22-23,26H,4-7H2,1-3H3,(H,27,28). The molecule has 1 aromatic rings. The Bertz CT molecular complexity index is 885.